The zero-order valence-corrected chi connectivity index (χ0v) is 10.1. The van der Waals surface area contributed by atoms with Gasteiger partial charge in [-0.2, -0.15) is 0 Å². The lowest BCUT2D eigenvalue weighted by Crippen LogP contribution is -2.14. The second-order valence-corrected chi connectivity index (χ2v) is 4.10. The van der Waals surface area contributed by atoms with E-state index < -0.39 is 5.97 Å². The summed E-state index contributed by atoms with van der Waals surface area (Å²) < 4.78 is 4.69. The molecule has 1 aromatic rings. The maximum absolute atomic E-state index is 11.4. The van der Waals surface area contributed by atoms with E-state index in [0.717, 1.165) is 11.3 Å². The number of anilines is 1. The van der Waals surface area contributed by atoms with Gasteiger partial charge in [-0.25, -0.2) is 4.98 Å². The highest BCUT2D eigenvalue weighted by Gasteiger charge is 2.09. The number of nitrogens with zero attached hydrogens (tertiary/aromatic N) is 1. The van der Waals surface area contributed by atoms with Crippen molar-refractivity contribution in [3.8, 4) is 0 Å². The van der Waals surface area contributed by atoms with Crippen LogP contribution in [0.4, 0.5) is 5.13 Å². The summed E-state index contributed by atoms with van der Waals surface area (Å²) in [6, 6.07) is 0. The standard InChI is InChI=1S/C10H12N2O4S/c1-2-16-9(15)4-3-8(14)12-10-11-5-7(6-13)17-10/h5-6H,2-4H2,1H3,(H,11,12,14). The zero-order chi connectivity index (χ0) is 12.7. The highest BCUT2D eigenvalue weighted by molar-refractivity contribution is 7.17. The van der Waals surface area contributed by atoms with Crippen molar-refractivity contribution >= 4 is 34.6 Å². The fourth-order valence-electron chi connectivity index (χ4n) is 1.03. The Hall–Kier alpha value is -1.76. The van der Waals surface area contributed by atoms with Gasteiger partial charge in [0, 0.05) is 6.42 Å². The third kappa shape index (κ3) is 4.73. The molecule has 0 unspecified atom stereocenters. The predicted molar refractivity (Wildman–Crippen MR) is 62.0 cm³/mol. The van der Waals surface area contributed by atoms with Gasteiger partial charge in [-0.3, -0.25) is 14.4 Å². The SMILES string of the molecule is CCOC(=O)CCC(=O)Nc1ncc(C=O)s1. The summed E-state index contributed by atoms with van der Waals surface area (Å²) in [6.07, 6.45) is 2.10. The normalized spacial score (nSPS) is 9.71. The quantitative estimate of drug-likeness (QED) is 0.611. The van der Waals surface area contributed by atoms with Crippen LogP contribution in [0.5, 0.6) is 0 Å². The number of rotatable bonds is 6. The molecule has 0 aliphatic carbocycles. The number of carbonyl (C=O) groups is 3. The first-order valence-electron chi connectivity index (χ1n) is 5.02. The molecule has 0 saturated carbocycles. The number of aldehydes is 1. The molecular weight excluding hydrogens is 244 g/mol. The fraction of sp³-hybridized carbons (Fsp3) is 0.400. The number of hydrogen-bond acceptors (Lipinski definition) is 6. The minimum Gasteiger partial charge on any atom is -0.466 e. The molecule has 1 rings (SSSR count). The van der Waals surface area contributed by atoms with Crippen molar-refractivity contribution in [3.63, 3.8) is 0 Å². The molecule has 0 fully saturated rings. The van der Waals surface area contributed by atoms with Crippen LogP contribution in [-0.2, 0) is 14.3 Å². The smallest absolute Gasteiger partial charge is 0.306 e. The Balaban J connectivity index is 2.34. The number of carbonyl (C=O) groups excluding carboxylic acids is 3. The lowest BCUT2D eigenvalue weighted by atomic mass is 10.3. The van der Waals surface area contributed by atoms with Crippen molar-refractivity contribution in [2.45, 2.75) is 19.8 Å². The Bertz CT molecular complexity index is 416. The van der Waals surface area contributed by atoms with Crippen LogP contribution in [-0.4, -0.2) is 29.8 Å². The number of ether oxygens (including phenoxy) is 1. The minimum atomic E-state index is -0.407. The number of hydrogen-bond donors (Lipinski definition) is 1. The average molecular weight is 256 g/mol. The summed E-state index contributed by atoms with van der Waals surface area (Å²) in [5.41, 5.74) is 0. The molecule has 1 aromatic heterocycles. The minimum absolute atomic E-state index is 0.0333. The third-order valence-corrected chi connectivity index (χ3v) is 2.59. The second kappa shape index (κ2) is 6.74. The second-order valence-electron chi connectivity index (χ2n) is 3.04. The van der Waals surface area contributed by atoms with Gasteiger partial charge >= 0.3 is 5.97 Å². The molecule has 1 amide bonds. The van der Waals surface area contributed by atoms with Gasteiger partial charge in [0.25, 0.3) is 0 Å². The lowest BCUT2D eigenvalue weighted by molar-refractivity contribution is -0.144. The highest BCUT2D eigenvalue weighted by Crippen LogP contribution is 2.16. The zero-order valence-electron chi connectivity index (χ0n) is 9.26. The van der Waals surface area contributed by atoms with E-state index in [2.05, 4.69) is 15.0 Å². The monoisotopic (exact) mass is 256 g/mol. The molecule has 6 nitrogen and oxygen atoms in total. The first-order chi connectivity index (χ1) is 8.15. The van der Waals surface area contributed by atoms with Gasteiger partial charge in [0.2, 0.25) is 5.91 Å². The number of esters is 1. The summed E-state index contributed by atoms with van der Waals surface area (Å²) >= 11 is 1.08. The van der Waals surface area contributed by atoms with Crippen LogP contribution in [0.3, 0.4) is 0 Å². The Morgan fingerprint density at radius 3 is 2.88 bits per heavy atom. The molecule has 1 heterocycles. The largest absolute Gasteiger partial charge is 0.466 e. The first kappa shape index (κ1) is 13.3. The Morgan fingerprint density at radius 2 is 2.29 bits per heavy atom. The maximum atomic E-state index is 11.4. The highest BCUT2D eigenvalue weighted by atomic mass is 32.1. The summed E-state index contributed by atoms with van der Waals surface area (Å²) in [5, 5.41) is 2.84. The molecule has 0 radical (unpaired) electrons. The van der Waals surface area contributed by atoms with E-state index in [-0.39, 0.29) is 18.7 Å². The molecule has 0 aliphatic rings. The summed E-state index contributed by atoms with van der Waals surface area (Å²) in [6.45, 7) is 2.00. The number of thiazole rings is 1. The molecule has 7 heteroatoms. The summed E-state index contributed by atoms with van der Waals surface area (Å²) in [7, 11) is 0. The molecule has 0 spiro atoms. The summed E-state index contributed by atoms with van der Waals surface area (Å²) in [5.74, 6) is -0.736. The van der Waals surface area contributed by atoms with Crippen molar-refractivity contribution in [2.75, 3.05) is 11.9 Å². The number of nitrogens with one attached hydrogen (secondary N) is 1. The molecule has 17 heavy (non-hydrogen) atoms. The van der Waals surface area contributed by atoms with E-state index in [1.54, 1.807) is 6.92 Å². The van der Waals surface area contributed by atoms with Crippen LogP contribution in [0.2, 0.25) is 0 Å². The van der Waals surface area contributed by atoms with Gasteiger partial charge in [0.15, 0.2) is 11.4 Å². The van der Waals surface area contributed by atoms with E-state index in [9.17, 15) is 14.4 Å². The Kier molecular flexibility index (Phi) is 5.28. The van der Waals surface area contributed by atoms with E-state index in [0.29, 0.717) is 22.9 Å². The van der Waals surface area contributed by atoms with Gasteiger partial charge in [-0.1, -0.05) is 11.3 Å². The predicted octanol–water partition coefficient (Wildman–Crippen LogP) is 1.24. The first-order valence-corrected chi connectivity index (χ1v) is 5.83. The van der Waals surface area contributed by atoms with Crippen molar-refractivity contribution in [3.05, 3.63) is 11.1 Å². The molecular formula is C10H12N2O4S. The third-order valence-electron chi connectivity index (χ3n) is 1.75. The molecule has 92 valence electrons. The van der Waals surface area contributed by atoms with E-state index in [1.165, 1.54) is 6.20 Å². The van der Waals surface area contributed by atoms with Crippen molar-refractivity contribution in [1.82, 2.24) is 4.98 Å². The van der Waals surface area contributed by atoms with E-state index >= 15 is 0 Å². The van der Waals surface area contributed by atoms with Crippen LogP contribution in [0.15, 0.2) is 6.20 Å². The van der Waals surface area contributed by atoms with Gasteiger partial charge < -0.3 is 10.1 Å². The van der Waals surface area contributed by atoms with Crippen LogP contribution < -0.4 is 5.32 Å². The Labute approximate surface area is 102 Å². The molecule has 0 bridgehead atoms. The number of amides is 1. The topological polar surface area (TPSA) is 85.4 Å². The van der Waals surface area contributed by atoms with E-state index in [4.69, 9.17) is 0 Å². The van der Waals surface area contributed by atoms with Gasteiger partial charge in [0.1, 0.15) is 0 Å². The van der Waals surface area contributed by atoms with Crippen molar-refractivity contribution in [1.29, 1.82) is 0 Å². The van der Waals surface area contributed by atoms with E-state index in [1.807, 2.05) is 0 Å². The van der Waals surface area contributed by atoms with Crippen LogP contribution >= 0.6 is 11.3 Å². The van der Waals surface area contributed by atoms with Crippen LogP contribution in [0, 0.1) is 0 Å². The molecule has 0 atom stereocenters. The molecule has 0 aliphatic heterocycles. The van der Waals surface area contributed by atoms with Gasteiger partial charge in [-0.05, 0) is 6.92 Å². The van der Waals surface area contributed by atoms with Crippen LogP contribution in [0.1, 0.15) is 29.4 Å². The summed E-state index contributed by atoms with van der Waals surface area (Å²) in [4.78, 5) is 37.0. The fourth-order valence-corrected chi connectivity index (χ4v) is 1.68. The van der Waals surface area contributed by atoms with Gasteiger partial charge in [-0.15, -0.1) is 0 Å². The molecule has 0 saturated heterocycles. The van der Waals surface area contributed by atoms with Crippen LogP contribution in [0.25, 0.3) is 0 Å². The molecule has 0 aromatic carbocycles. The number of aromatic nitrogens is 1. The Morgan fingerprint density at radius 1 is 1.53 bits per heavy atom. The van der Waals surface area contributed by atoms with Crippen molar-refractivity contribution < 1.29 is 19.1 Å². The maximum Gasteiger partial charge on any atom is 0.306 e. The van der Waals surface area contributed by atoms with Gasteiger partial charge in [0.05, 0.1) is 24.1 Å². The van der Waals surface area contributed by atoms with Crippen molar-refractivity contribution in [2.24, 2.45) is 0 Å². The average Bonchev–Trinajstić information content (AvgIpc) is 2.74. The lowest BCUT2D eigenvalue weighted by Gasteiger charge is -2.01. The molecule has 1 N–H and O–H groups in total.